The number of para-hydroxylation sites is 1. The molecule has 0 N–H and O–H groups in total. The van der Waals surface area contributed by atoms with E-state index in [4.69, 9.17) is 34.3 Å². The van der Waals surface area contributed by atoms with Crippen molar-refractivity contribution in [3.8, 4) is 85.1 Å². The van der Waals surface area contributed by atoms with Crippen LogP contribution >= 0.6 is 11.3 Å². The molecule has 1 aliphatic carbocycles. The second-order valence-electron chi connectivity index (χ2n) is 37.9. The van der Waals surface area contributed by atoms with Crippen LogP contribution in [-0.2, 0) is 5.41 Å². The molecule has 0 amide bonds. The Bertz CT molecular complexity index is 10500. The van der Waals surface area contributed by atoms with E-state index >= 15 is 0 Å². The Morgan fingerprint density at radius 3 is 1.24 bits per heavy atom. The predicted molar refractivity (Wildman–Crippen MR) is 594 cm³/mol. The van der Waals surface area contributed by atoms with Gasteiger partial charge in [-0.15, -0.1) is 11.3 Å². The van der Waals surface area contributed by atoms with Gasteiger partial charge >= 0.3 is 0 Å². The highest BCUT2D eigenvalue weighted by atomic mass is 32.1. The maximum absolute atomic E-state index is 6.55. The van der Waals surface area contributed by atoms with Gasteiger partial charge in [0.2, 0.25) is 17.8 Å². The van der Waals surface area contributed by atoms with E-state index < -0.39 is 0 Å². The number of hydrogen-bond acceptors (Lipinski definition) is 8. The van der Waals surface area contributed by atoms with Crippen molar-refractivity contribution >= 4 is 205 Å². The van der Waals surface area contributed by atoms with Crippen LogP contribution in [0.4, 0.5) is 0 Å². The van der Waals surface area contributed by atoms with Crippen molar-refractivity contribution in [1.82, 2.24) is 43.6 Å². The fourth-order valence-electron chi connectivity index (χ4n) is 22.7. The highest BCUT2D eigenvalue weighted by molar-refractivity contribution is 7.26. The van der Waals surface area contributed by atoms with E-state index in [1.807, 2.05) is 18.2 Å². The summed E-state index contributed by atoms with van der Waals surface area (Å²) in [6, 6.07) is 163. The second kappa shape index (κ2) is 31.8. The number of hydrogen-bond donors (Lipinski definition) is 0. The Balaban J connectivity index is 0.000000102. The number of benzene rings is 22. The Labute approximate surface area is 817 Å². The topological polar surface area (TPSA) is 105 Å². The van der Waals surface area contributed by atoms with Crippen LogP contribution in [0.1, 0.15) is 25.0 Å². The lowest BCUT2D eigenvalue weighted by atomic mass is 9.81. The lowest BCUT2D eigenvalue weighted by Gasteiger charge is -2.24. The van der Waals surface area contributed by atoms with Crippen molar-refractivity contribution in [3.05, 3.63) is 466 Å². The monoisotopic (exact) mass is 1830 g/mol. The quantitative estimate of drug-likeness (QED) is 0.140. The largest absolute Gasteiger partial charge is 0.452 e. The Hall–Kier alpha value is -18.4. The van der Waals surface area contributed by atoms with Gasteiger partial charge in [-0.25, -0.2) is 29.9 Å². The number of aromatic nitrogens is 9. The maximum Gasteiger partial charge on any atom is 0.236 e. The van der Waals surface area contributed by atoms with Crippen molar-refractivity contribution < 1.29 is 4.42 Å². The maximum atomic E-state index is 6.55. The zero-order valence-corrected chi connectivity index (χ0v) is 78.0. The van der Waals surface area contributed by atoms with Crippen LogP contribution in [-0.4, -0.2) is 43.6 Å². The molecule has 8 aromatic heterocycles. The molecule has 0 atom stereocenters. The Morgan fingerprint density at radius 2 is 0.620 bits per heavy atom. The van der Waals surface area contributed by atoms with Crippen molar-refractivity contribution in [3.63, 3.8) is 0 Å². The predicted octanol–water partition coefficient (Wildman–Crippen LogP) is 34.9. The van der Waals surface area contributed by atoms with Gasteiger partial charge in [-0.3, -0.25) is 13.7 Å². The summed E-state index contributed by atoms with van der Waals surface area (Å²) in [6.07, 6.45) is 0. The summed E-state index contributed by atoms with van der Waals surface area (Å²) in [5, 5.41) is 28.6. The van der Waals surface area contributed by atoms with Crippen LogP contribution in [0, 0.1) is 0 Å². The first-order valence-corrected chi connectivity index (χ1v) is 49.2. The van der Waals surface area contributed by atoms with Crippen LogP contribution in [0.15, 0.2) is 459 Å². The van der Waals surface area contributed by atoms with Gasteiger partial charge in [-0.1, -0.05) is 390 Å². The summed E-state index contributed by atoms with van der Waals surface area (Å²) in [6.45, 7) is 4.62. The number of thiophene rings is 1. The molecule has 1 aliphatic rings. The summed E-state index contributed by atoms with van der Waals surface area (Å²) >= 11 is 1.77. The molecule has 0 fully saturated rings. The summed E-state index contributed by atoms with van der Waals surface area (Å²) in [4.78, 5) is 32.6. The van der Waals surface area contributed by atoms with Crippen molar-refractivity contribution in [2.75, 3.05) is 0 Å². The van der Waals surface area contributed by atoms with E-state index in [9.17, 15) is 0 Å². The average molecular weight is 1830 g/mol. The molecule has 0 unspecified atom stereocenters. The van der Waals surface area contributed by atoms with Crippen LogP contribution in [0.2, 0.25) is 0 Å². The minimum atomic E-state index is -0.262. The number of nitrogens with zero attached hydrogens (tertiary/aromatic N) is 9. The minimum absolute atomic E-state index is 0.262. The van der Waals surface area contributed by atoms with Gasteiger partial charge in [0.05, 0.1) is 60.4 Å². The first-order chi connectivity index (χ1) is 70.1. The molecule has 662 valence electrons. The molecular weight excluding hydrogens is 1750 g/mol. The van der Waals surface area contributed by atoms with E-state index in [0.29, 0.717) is 23.4 Å². The third-order valence-corrected chi connectivity index (χ3v) is 30.7. The summed E-state index contributed by atoms with van der Waals surface area (Å²) < 4.78 is 15.7. The lowest BCUT2D eigenvalue weighted by Crippen LogP contribution is -2.18. The van der Waals surface area contributed by atoms with Gasteiger partial charge in [0.25, 0.3) is 0 Å². The molecule has 10 nitrogen and oxygen atoms in total. The van der Waals surface area contributed by atoms with E-state index in [1.54, 1.807) is 11.3 Å². The van der Waals surface area contributed by atoms with Gasteiger partial charge in [-0.2, -0.15) is 0 Å². The molecule has 0 saturated heterocycles. The minimum Gasteiger partial charge on any atom is -0.452 e. The highest BCUT2D eigenvalue weighted by Gasteiger charge is 2.41. The molecule has 8 heterocycles. The zero-order valence-electron chi connectivity index (χ0n) is 77.1. The van der Waals surface area contributed by atoms with Crippen molar-refractivity contribution in [1.29, 1.82) is 0 Å². The number of furan rings is 1. The molecule has 31 rings (SSSR count). The number of rotatable bonds is 8. The van der Waals surface area contributed by atoms with Crippen molar-refractivity contribution in [2.45, 2.75) is 19.3 Å². The van der Waals surface area contributed by atoms with Crippen LogP contribution in [0.3, 0.4) is 0 Å². The molecule has 0 bridgehead atoms. The van der Waals surface area contributed by atoms with Crippen LogP contribution in [0.5, 0.6) is 0 Å². The molecular formula is C131H81N9OS. The molecule has 0 saturated carbocycles. The molecule has 22 aromatic carbocycles. The van der Waals surface area contributed by atoms with Crippen LogP contribution < -0.4 is 0 Å². The smallest absolute Gasteiger partial charge is 0.236 e. The molecule has 0 radical (unpaired) electrons. The average Bonchev–Trinajstić information content (AvgIpc) is 1.55. The molecule has 11 heteroatoms. The standard InChI is InChI=1S/C45H31N3.C44H25N3O.C42H25N3S/c1-45(2)38-19-11-10-18-36(38)42-40(45)41(31-22-20-29(21-23-31)28-12-4-3-5-13-28)46-44(47-42)48-39-27-33-16-7-6-15-32(33)26-37(39)35-25-24-30-14-8-9-17-34(30)43(35)48;1-3-12-29-24-38-36(22-27(29)10-1)37-23-28-11-2-4-13-30(28)25-39(37)47(38)44-45-41(43-42(46-44)35-15-7-8-16-40(35)48-43)32-19-20-34-31(21-32)18-17-26-9-5-6-14-33(26)34;1-2-10-26(11-3-1)27-18-20-29(21-19-27)39-41-40(33-16-8-9-17-37(33)46-41)44-42(43-39)45-35-23-22-28-12-6-7-15-32(28)38(35)34-24-30-13-4-5-14-31(30)25-36(34)45/h3-27H,1-2H3;1-25H;1-25H. The summed E-state index contributed by atoms with van der Waals surface area (Å²) in [7, 11) is 0. The normalized spacial score (nSPS) is 12.5. The first-order valence-electron chi connectivity index (χ1n) is 48.3. The van der Waals surface area contributed by atoms with E-state index in [2.05, 4.69) is 464 Å². The van der Waals surface area contributed by atoms with Gasteiger partial charge < -0.3 is 4.42 Å². The van der Waals surface area contributed by atoms with Gasteiger partial charge in [-0.05, 0) is 187 Å². The Kier molecular flexibility index (Phi) is 18.1. The van der Waals surface area contributed by atoms with Gasteiger partial charge in [0.1, 0.15) is 16.8 Å². The molecule has 30 aromatic rings. The fourth-order valence-corrected chi connectivity index (χ4v) is 23.8. The second-order valence-corrected chi connectivity index (χ2v) is 39.0. The molecule has 0 aliphatic heterocycles. The lowest BCUT2D eigenvalue weighted by molar-refractivity contribution is 0.657. The zero-order chi connectivity index (χ0) is 93.5. The number of fused-ring (bicyclic) bond motifs is 29. The van der Waals surface area contributed by atoms with Crippen LogP contribution in [0.25, 0.3) is 279 Å². The molecule has 0 spiro atoms. The summed E-state index contributed by atoms with van der Waals surface area (Å²) in [5.74, 6) is 1.99. The van der Waals surface area contributed by atoms with Gasteiger partial charge in [0.15, 0.2) is 5.58 Å². The highest BCUT2D eigenvalue weighted by Crippen LogP contribution is 2.53. The third-order valence-electron chi connectivity index (χ3n) is 29.5. The van der Waals surface area contributed by atoms with Gasteiger partial charge in [0, 0.05) is 86.4 Å². The Morgan fingerprint density at radius 1 is 0.232 bits per heavy atom. The SMILES string of the molecule is CC1(C)c2ccccc2-c2nc(-n3c4cc5ccccc5cc4c4ccc5ccccc5c43)nc(-c3ccc(-c4ccccc4)cc3)c21.c1ccc(-c2ccc(-c3nc(-n4c5cc6ccccc6cc5c5c6ccccc6ccc54)nc4c3sc3ccccc34)cc2)cc1.c1ccc2cc3c(cc2c1)c1cc2ccccc2cc1n3-c1nc(-c2ccc3c(ccc4ccccc43)c2)c2oc3ccccc3c2n1. The third kappa shape index (κ3) is 12.8. The van der Waals surface area contributed by atoms with Crippen molar-refractivity contribution in [2.24, 2.45) is 0 Å². The fraction of sp³-hybridized carbons (Fsp3) is 0.0229. The summed E-state index contributed by atoms with van der Waals surface area (Å²) in [5.41, 5.74) is 24.9. The first kappa shape index (κ1) is 80.8. The molecule has 142 heavy (non-hydrogen) atoms. The van der Waals surface area contributed by atoms with E-state index in [-0.39, 0.29) is 5.41 Å². The van der Waals surface area contributed by atoms with E-state index in [1.165, 1.54) is 157 Å². The van der Waals surface area contributed by atoms with E-state index in [0.717, 1.165) is 110 Å².